The van der Waals surface area contributed by atoms with Crippen LogP contribution in [0, 0.1) is 0 Å². The number of carbonyl (C=O) groups is 1. The summed E-state index contributed by atoms with van der Waals surface area (Å²) in [7, 11) is 0. The van der Waals surface area contributed by atoms with E-state index in [2.05, 4.69) is 21.0 Å². The lowest BCUT2D eigenvalue weighted by Gasteiger charge is -2.18. The molecule has 1 aliphatic heterocycles. The van der Waals surface area contributed by atoms with Crippen molar-refractivity contribution in [3.63, 3.8) is 0 Å². The van der Waals surface area contributed by atoms with E-state index in [9.17, 15) is 4.79 Å². The molecule has 7 heteroatoms. The number of nitrogens with zero attached hydrogens (tertiary/aromatic N) is 4. The molecule has 0 aliphatic carbocycles. The minimum Gasteiger partial charge on any atom is -0.336 e. The first-order chi connectivity index (χ1) is 12.8. The second-order valence-corrected chi connectivity index (χ2v) is 8.06. The number of imidazole rings is 1. The molecule has 1 atom stereocenters. The van der Waals surface area contributed by atoms with Crippen molar-refractivity contribution in [1.82, 2.24) is 19.4 Å². The van der Waals surface area contributed by atoms with Gasteiger partial charge in [0.15, 0.2) is 11.5 Å². The van der Waals surface area contributed by atoms with Crippen LogP contribution in [0.2, 0.25) is 0 Å². The first-order valence-electron chi connectivity index (χ1n) is 8.49. The minimum absolute atomic E-state index is 0.115. The fourth-order valence-electron chi connectivity index (χ4n) is 3.56. The molecule has 0 saturated carbocycles. The van der Waals surface area contributed by atoms with Gasteiger partial charge in [0.1, 0.15) is 5.52 Å². The highest BCUT2D eigenvalue weighted by atomic mass is 32.1. The summed E-state index contributed by atoms with van der Waals surface area (Å²) in [4.78, 5) is 25.2. The smallest absolute Gasteiger partial charge is 0.254 e. The maximum Gasteiger partial charge on any atom is 0.254 e. The highest BCUT2D eigenvalue weighted by Gasteiger charge is 2.31. The number of amides is 1. The zero-order valence-corrected chi connectivity index (χ0v) is 15.5. The molecule has 1 fully saturated rings. The molecule has 5 heterocycles. The van der Waals surface area contributed by atoms with Gasteiger partial charge in [0.25, 0.3) is 5.91 Å². The maximum atomic E-state index is 12.7. The van der Waals surface area contributed by atoms with E-state index in [0.717, 1.165) is 40.4 Å². The lowest BCUT2D eigenvalue weighted by Crippen LogP contribution is -2.28. The van der Waals surface area contributed by atoms with Crippen LogP contribution < -0.4 is 0 Å². The molecule has 5 nitrogen and oxygen atoms in total. The van der Waals surface area contributed by atoms with Gasteiger partial charge in [-0.15, -0.1) is 11.3 Å². The van der Waals surface area contributed by atoms with Crippen molar-refractivity contribution < 1.29 is 4.79 Å². The molecule has 5 rings (SSSR count). The van der Waals surface area contributed by atoms with E-state index < -0.39 is 0 Å². The molecule has 1 aliphatic rings. The molecule has 0 unspecified atom stereocenters. The molecular formula is C19H16N4OS2. The predicted octanol–water partition coefficient (Wildman–Crippen LogP) is 4.31. The zero-order chi connectivity index (χ0) is 17.5. The summed E-state index contributed by atoms with van der Waals surface area (Å²) in [5.74, 6) is 1.06. The van der Waals surface area contributed by atoms with Crippen molar-refractivity contribution in [3.8, 4) is 10.7 Å². The van der Waals surface area contributed by atoms with E-state index in [1.165, 1.54) is 0 Å². The number of hydrogen-bond donors (Lipinski definition) is 0. The van der Waals surface area contributed by atoms with Gasteiger partial charge in [-0.1, -0.05) is 6.07 Å². The molecule has 0 aromatic carbocycles. The summed E-state index contributed by atoms with van der Waals surface area (Å²) in [5.41, 5.74) is 2.58. The summed E-state index contributed by atoms with van der Waals surface area (Å²) in [6.45, 7) is 1.45. The van der Waals surface area contributed by atoms with E-state index in [0.29, 0.717) is 6.54 Å². The molecule has 1 saturated heterocycles. The summed E-state index contributed by atoms with van der Waals surface area (Å²) >= 11 is 3.24. The molecule has 0 bridgehead atoms. The molecule has 0 spiro atoms. The van der Waals surface area contributed by atoms with Crippen molar-refractivity contribution in [2.75, 3.05) is 13.1 Å². The van der Waals surface area contributed by atoms with Gasteiger partial charge in [-0.05, 0) is 41.4 Å². The maximum absolute atomic E-state index is 12.7. The van der Waals surface area contributed by atoms with Crippen molar-refractivity contribution in [2.24, 2.45) is 0 Å². The zero-order valence-electron chi connectivity index (χ0n) is 13.9. The van der Waals surface area contributed by atoms with Crippen LogP contribution in [0.15, 0.2) is 52.7 Å². The molecule has 26 heavy (non-hydrogen) atoms. The van der Waals surface area contributed by atoms with Crippen molar-refractivity contribution in [1.29, 1.82) is 0 Å². The highest BCUT2D eigenvalue weighted by molar-refractivity contribution is 7.13. The van der Waals surface area contributed by atoms with Crippen LogP contribution in [0.5, 0.6) is 0 Å². The quantitative estimate of drug-likeness (QED) is 0.532. The van der Waals surface area contributed by atoms with Gasteiger partial charge in [0.05, 0.1) is 16.5 Å². The Morgan fingerprint density at radius 3 is 2.96 bits per heavy atom. The van der Waals surface area contributed by atoms with E-state index >= 15 is 0 Å². The number of rotatable bonds is 3. The van der Waals surface area contributed by atoms with Crippen LogP contribution >= 0.6 is 22.7 Å². The average molecular weight is 380 g/mol. The SMILES string of the molecule is O=C(c1ccsc1)N1CC[C@H](n2c(-c3cccs3)nc3cccnc32)C1. The fraction of sp³-hybridized carbons (Fsp3) is 0.211. The Bertz CT molecular complexity index is 1050. The van der Waals surface area contributed by atoms with Gasteiger partial charge >= 0.3 is 0 Å². The van der Waals surface area contributed by atoms with Gasteiger partial charge in [0, 0.05) is 24.7 Å². The normalized spacial score (nSPS) is 17.2. The van der Waals surface area contributed by atoms with Crippen molar-refractivity contribution >= 4 is 39.7 Å². The topological polar surface area (TPSA) is 51.0 Å². The molecule has 0 N–H and O–H groups in total. The van der Waals surface area contributed by atoms with Gasteiger partial charge in [-0.25, -0.2) is 9.97 Å². The summed E-state index contributed by atoms with van der Waals surface area (Å²) in [5, 5.41) is 5.93. The first kappa shape index (κ1) is 15.7. The summed E-state index contributed by atoms with van der Waals surface area (Å²) in [6, 6.07) is 10.1. The average Bonchev–Trinajstić information content (AvgIpc) is 3.47. The lowest BCUT2D eigenvalue weighted by atomic mass is 10.2. The number of hydrogen-bond acceptors (Lipinski definition) is 5. The third-order valence-electron chi connectivity index (χ3n) is 4.77. The summed E-state index contributed by atoms with van der Waals surface area (Å²) in [6.07, 6.45) is 2.72. The third kappa shape index (κ3) is 2.55. The van der Waals surface area contributed by atoms with Crippen LogP contribution in [0.1, 0.15) is 22.8 Å². The standard InChI is InChI=1S/C19H16N4OS2/c24-19(13-6-10-25-12-13)22-8-5-14(11-22)23-17-15(3-1-7-20-17)21-18(23)16-4-2-9-26-16/h1-4,6-7,9-10,12,14H,5,8,11H2/t14-/m0/s1. The number of pyridine rings is 1. The number of aromatic nitrogens is 3. The Labute approximate surface area is 158 Å². The Balaban J connectivity index is 1.53. The van der Waals surface area contributed by atoms with Crippen LogP contribution in [0.4, 0.5) is 0 Å². The molecule has 130 valence electrons. The predicted molar refractivity (Wildman–Crippen MR) is 105 cm³/mol. The van der Waals surface area contributed by atoms with E-state index in [-0.39, 0.29) is 11.9 Å². The van der Waals surface area contributed by atoms with Crippen LogP contribution in [-0.4, -0.2) is 38.4 Å². The third-order valence-corrected chi connectivity index (χ3v) is 6.32. The lowest BCUT2D eigenvalue weighted by molar-refractivity contribution is 0.0788. The van der Waals surface area contributed by atoms with Crippen LogP contribution in [-0.2, 0) is 0 Å². The molecular weight excluding hydrogens is 364 g/mol. The Morgan fingerprint density at radius 2 is 2.15 bits per heavy atom. The van der Waals surface area contributed by atoms with Crippen molar-refractivity contribution in [3.05, 3.63) is 58.2 Å². The molecule has 0 radical (unpaired) electrons. The van der Waals surface area contributed by atoms with Crippen LogP contribution in [0.25, 0.3) is 21.9 Å². The first-order valence-corrected chi connectivity index (χ1v) is 10.3. The monoisotopic (exact) mass is 380 g/mol. The molecule has 4 aromatic rings. The van der Waals surface area contributed by atoms with E-state index in [4.69, 9.17) is 4.98 Å². The van der Waals surface area contributed by atoms with Gasteiger partial charge in [0.2, 0.25) is 0 Å². The second-order valence-electron chi connectivity index (χ2n) is 6.33. The van der Waals surface area contributed by atoms with Gasteiger partial charge in [-0.3, -0.25) is 4.79 Å². The number of thiophene rings is 2. The van der Waals surface area contributed by atoms with E-state index in [1.54, 1.807) is 22.7 Å². The summed E-state index contributed by atoms with van der Waals surface area (Å²) < 4.78 is 2.22. The Hall–Kier alpha value is -2.51. The van der Waals surface area contributed by atoms with E-state index in [1.807, 2.05) is 46.1 Å². The fourth-order valence-corrected chi connectivity index (χ4v) is 4.90. The number of fused-ring (bicyclic) bond motifs is 1. The molecule has 4 aromatic heterocycles. The largest absolute Gasteiger partial charge is 0.336 e. The Kier molecular flexibility index (Phi) is 3.83. The minimum atomic E-state index is 0.115. The second kappa shape index (κ2) is 6.34. The van der Waals surface area contributed by atoms with Crippen molar-refractivity contribution in [2.45, 2.75) is 12.5 Å². The van der Waals surface area contributed by atoms with Gasteiger partial charge in [-0.2, -0.15) is 11.3 Å². The Morgan fingerprint density at radius 1 is 1.19 bits per heavy atom. The van der Waals surface area contributed by atoms with Crippen LogP contribution in [0.3, 0.4) is 0 Å². The van der Waals surface area contributed by atoms with Gasteiger partial charge < -0.3 is 9.47 Å². The molecule has 1 amide bonds. The highest BCUT2D eigenvalue weighted by Crippen LogP contribution is 2.34. The number of carbonyl (C=O) groups excluding carboxylic acids is 1. The number of likely N-dealkylation sites (tertiary alicyclic amines) is 1.